The summed E-state index contributed by atoms with van der Waals surface area (Å²) in [7, 11) is 0. The zero-order valence-corrected chi connectivity index (χ0v) is 10.4. The van der Waals surface area contributed by atoms with Crippen LogP contribution >= 0.6 is 0 Å². The van der Waals surface area contributed by atoms with Crippen molar-refractivity contribution in [3.8, 4) is 0 Å². The van der Waals surface area contributed by atoms with Gasteiger partial charge < -0.3 is 10.5 Å². The zero-order chi connectivity index (χ0) is 12.0. The molecular formula is C13H22N2O. The molecule has 0 aliphatic heterocycles. The Balaban J connectivity index is 2.52. The van der Waals surface area contributed by atoms with Gasteiger partial charge in [-0.05, 0) is 31.9 Å². The third kappa shape index (κ3) is 3.91. The topological polar surface area (TPSA) is 48.1 Å². The lowest BCUT2D eigenvalue weighted by Crippen LogP contribution is -2.36. The van der Waals surface area contributed by atoms with E-state index in [1.807, 2.05) is 20.0 Å². The molecule has 16 heavy (non-hydrogen) atoms. The molecule has 0 amide bonds. The Kier molecular flexibility index (Phi) is 5.43. The lowest BCUT2D eigenvalue weighted by Gasteiger charge is -2.19. The number of nitrogens with two attached hydrogens (primary N) is 1. The molecule has 2 unspecified atom stereocenters. The number of pyridine rings is 1. The third-order valence-corrected chi connectivity index (χ3v) is 2.77. The lowest BCUT2D eigenvalue weighted by atomic mass is 10.1. The molecule has 0 radical (unpaired) electrons. The van der Waals surface area contributed by atoms with Gasteiger partial charge in [-0.15, -0.1) is 0 Å². The Morgan fingerprint density at radius 2 is 2.12 bits per heavy atom. The fraction of sp³-hybridized carbons (Fsp3) is 0.615. The Labute approximate surface area is 98.0 Å². The second-order valence-electron chi connectivity index (χ2n) is 4.04. The molecule has 0 spiro atoms. The van der Waals surface area contributed by atoms with Crippen molar-refractivity contribution in [2.24, 2.45) is 5.73 Å². The average Bonchev–Trinajstić information content (AvgIpc) is 2.30. The van der Waals surface area contributed by atoms with Gasteiger partial charge in [0.15, 0.2) is 0 Å². The van der Waals surface area contributed by atoms with Gasteiger partial charge in [-0.3, -0.25) is 4.98 Å². The molecule has 3 heteroatoms. The standard InChI is InChI=1S/C13H22N2O/c1-4-11-6-7-12(15-9-11)8-13(14)10(3)16-5-2/h6-7,9-10,13H,4-5,8,14H2,1-3H3. The smallest absolute Gasteiger partial charge is 0.0701 e. The molecule has 1 aromatic rings. The molecule has 1 heterocycles. The summed E-state index contributed by atoms with van der Waals surface area (Å²) in [5.41, 5.74) is 8.34. The minimum atomic E-state index is 0.0138. The molecule has 90 valence electrons. The number of aromatic nitrogens is 1. The first-order valence-corrected chi connectivity index (χ1v) is 5.98. The van der Waals surface area contributed by atoms with Crippen LogP contribution in [0.25, 0.3) is 0 Å². The van der Waals surface area contributed by atoms with Crippen molar-refractivity contribution >= 4 is 0 Å². The van der Waals surface area contributed by atoms with Crippen LogP contribution in [0.5, 0.6) is 0 Å². The van der Waals surface area contributed by atoms with Crippen molar-refractivity contribution in [2.75, 3.05) is 6.61 Å². The van der Waals surface area contributed by atoms with Crippen LogP contribution in [0.4, 0.5) is 0 Å². The van der Waals surface area contributed by atoms with E-state index in [2.05, 4.69) is 24.0 Å². The van der Waals surface area contributed by atoms with Crippen LogP contribution in [0.2, 0.25) is 0 Å². The highest BCUT2D eigenvalue weighted by atomic mass is 16.5. The molecule has 2 atom stereocenters. The van der Waals surface area contributed by atoms with Gasteiger partial charge in [0, 0.05) is 31.0 Å². The molecule has 3 nitrogen and oxygen atoms in total. The SMILES string of the molecule is CCOC(C)C(N)Cc1ccc(CC)cn1. The van der Waals surface area contributed by atoms with Crippen molar-refractivity contribution in [3.63, 3.8) is 0 Å². The van der Waals surface area contributed by atoms with Gasteiger partial charge in [-0.2, -0.15) is 0 Å². The molecule has 0 aromatic carbocycles. The summed E-state index contributed by atoms with van der Waals surface area (Å²) in [4.78, 5) is 4.40. The van der Waals surface area contributed by atoms with E-state index in [-0.39, 0.29) is 12.1 Å². The Morgan fingerprint density at radius 1 is 1.38 bits per heavy atom. The number of hydrogen-bond acceptors (Lipinski definition) is 3. The minimum Gasteiger partial charge on any atom is -0.377 e. The minimum absolute atomic E-state index is 0.0138. The largest absolute Gasteiger partial charge is 0.377 e. The fourth-order valence-electron chi connectivity index (χ4n) is 1.58. The third-order valence-electron chi connectivity index (χ3n) is 2.77. The Morgan fingerprint density at radius 3 is 2.62 bits per heavy atom. The van der Waals surface area contributed by atoms with E-state index in [0.717, 1.165) is 18.5 Å². The van der Waals surface area contributed by atoms with Gasteiger partial charge in [-0.1, -0.05) is 13.0 Å². The normalized spacial score (nSPS) is 14.8. The number of rotatable bonds is 6. The van der Waals surface area contributed by atoms with E-state index in [4.69, 9.17) is 10.5 Å². The summed E-state index contributed by atoms with van der Waals surface area (Å²) in [6, 6.07) is 4.18. The van der Waals surface area contributed by atoms with Gasteiger partial charge in [0.1, 0.15) is 0 Å². The molecule has 2 N–H and O–H groups in total. The van der Waals surface area contributed by atoms with Crippen LogP contribution in [0.1, 0.15) is 32.0 Å². The van der Waals surface area contributed by atoms with Gasteiger partial charge in [0.25, 0.3) is 0 Å². The van der Waals surface area contributed by atoms with Gasteiger partial charge >= 0.3 is 0 Å². The van der Waals surface area contributed by atoms with E-state index in [1.54, 1.807) is 0 Å². The molecule has 1 rings (SSSR count). The maximum Gasteiger partial charge on any atom is 0.0701 e. The van der Waals surface area contributed by atoms with Crippen molar-refractivity contribution < 1.29 is 4.74 Å². The number of aryl methyl sites for hydroxylation is 1. The van der Waals surface area contributed by atoms with Crippen LogP contribution in [0, 0.1) is 0 Å². The summed E-state index contributed by atoms with van der Waals surface area (Å²) in [6.45, 7) is 6.82. The lowest BCUT2D eigenvalue weighted by molar-refractivity contribution is 0.0575. The molecule has 0 bridgehead atoms. The summed E-state index contributed by atoms with van der Waals surface area (Å²) >= 11 is 0. The molecule has 0 aliphatic carbocycles. The Bertz CT molecular complexity index is 297. The predicted octanol–water partition coefficient (Wildman–Crippen LogP) is 1.94. The number of hydrogen-bond donors (Lipinski definition) is 1. The first kappa shape index (κ1) is 13.1. The molecule has 0 fully saturated rings. The molecule has 1 aromatic heterocycles. The molecular weight excluding hydrogens is 200 g/mol. The average molecular weight is 222 g/mol. The monoisotopic (exact) mass is 222 g/mol. The van der Waals surface area contributed by atoms with Gasteiger partial charge in [0.2, 0.25) is 0 Å². The summed E-state index contributed by atoms with van der Waals surface area (Å²) in [5.74, 6) is 0. The van der Waals surface area contributed by atoms with Crippen LogP contribution in [-0.2, 0) is 17.6 Å². The maximum atomic E-state index is 6.04. The molecule has 0 saturated carbocycles. The Hall–Kier alpha value is -0.930. The van der Waals surface area contributed by atoms with Crippen LogP contribution in [-0.4, -0.2) is 23.7 Å². The summed E-state index contributed by atoms with van der Waals surface area (Å²) in [6.07, 6.45) is 3.80. The van der Waals surface area contributed by atoms with E-state index < -0.39 is 0 Å². The quantitative estimate of drug-likeness (QED) is 0.800. The maximum absolute atomic E-state index is 6.04. The second-order valence-corrected chi connectivity index (χ2v) is 4.04. The van der Waals surface area contributed by atoms with E-state index in [1.165, 1.54) is 5.56 Å². The van der Waals surface area contributed by atoms with Gasteiger partial charge in [0.05, 0.1) is 6.10 Å². The first-order chi connectivity index (χ1) is 7.67. The highest BCUT2D eigenvalue weighted by Gasteiger charge is 2.13. The van der Waals surface area contributed by atoms with Crippen LogP contribution < -0.4 is 5.73 Å². The number of ether oxygens (including phenoxy) is 1. The van der Waals surface area contributed by atoms with Crippen LogP contribution in [0.15, 0.2) is 18.3 Å². The highest BCUT2D eigenvalue weighted by molar-refractivity contribution is 5.14. The van der Waals surface area contributed by atoms with E-state index in [9.17, 15) is 0 Å². The summed E-state index contributed by atoms with van der Waals surface area (Å²) in [5, 5.41) is 0. The van der Waals surface area contributed by atoms with E-state index in [0.29, 0.717) is 6.61 Å². The zero-order valence-electron chi connectivity index (χ0n) is 10.4. The van der Waals surface area contributed by atoms with Gasteiger partial charge in [-0.25, -0.2) is 0 Å². The van der Waals surface area contributed by atoms with Crippen molar-refractivity contribution in [1.82, 2.24) is 4.98 Å². The van der Waals surface area contributed by atoms with Crippen molar-refractivity contribution in [1.29, 1.82) is 0 Å². The van der Waals surface area contributed by atoms with Crippen molar-refractivity contribution in [2.45, 2.75) is 45.8 Å². The molecule has 0 aliphatic rings. The predicted molar refractivity (Wildman–Crippen MR) is 66.4 cm³/mol. The fourth-order valence-corrected chi connectivity index (χ4v) is 1.58. The van der Waals surface area contributed by atoms with Crippen LogP contribution in [0.3, 0.4) is 0 Å². The second kappa shape index (κ2) is 6.61. The number of nitrogens with zero attached hydrogens (tertiary/aromatic N) is 1. The van der Waals surface area contributed by atoms with E-state index >= 15 is 0 Å². The van der Waals surface area contributed by atoms with Crippen molar-refractivity contribution in [3.05, 3.63) is 29.6 Å². The summed E-state index contributed by atoms with van der Waals surface area (Å²) < 4.78 is 5.47. The molecule has 0 saturated heterocycles. The highest BCUT2D eigenvalue weighted by Crippen LogP contribution is 2.06. The first-order valence-electron chi connectivity index (χ1n) is 5.98.